The first-order valence-corrected chi connectivity index (χ1v) is 6.00. The van der Waals surface area contributed by atoms with Gasteiger partial charge in [-0.25, -0.2) is 0 Å². The predicted molar refractivity (Wildman–Crippen MR) is 70.8 cm³/mol. The van der Waals surface area contributed by atoms with Crippen molar-refractivity contribution in [1.29, 1.82) is 0 Å². The highest BCUT2D eigenvalue weighted by Crippen LogP contribution is 2.25. The van der Waals surface area contributed by atoms with E-state index in [2.05, 4.69) is 15.5 Å². The van der Waals surface area contributed by atoms with Gasteiger partial charge in [0.15, 0.2) is 0 Å². The summed E-state index contributed by atoms with van der Waals surface area (Å²) in [7, 11) is 1.98. The molecule has 1 aliphatic rings. The van der Waals surface area contributed by atoms with E-state index in [1.54, 1.807) is 0 Å². The van der Waals surface area contributed by atoms with Crippen molar-refractivity contribution in [3.05, 3.63) is 24.2 Å². The van der Waals surface area contributed by atoms with Crippen molar-refractivity contribution in [1.82, 2.24) is 20.0 Å². The highest BCUT2D eigenvalue weighted by Gasteiger charge is 2.22. The smallest absolute Gasteiger partial charge is 0.230 e. The number of rotatable bonds is 2. The first kappa shape index (κ1) is 13.1. The third kappa shape index (κ3) is 2.42. The molecule has 5 nitrogen and oxygen atoms in total. The van der Waals surface area contributed by atoms with Gasteiger partial charge in [-0.1, -0.05) is 5.16 Å². The minimum Gasteiger partial charge on any atom is -0.348 e. The number of hydrogen-bond donors (Lipinski definition) is 1. The summed E-state index contributed by atoms with van der Waals surface area (Å²) < 4.78 is 7.38. The summed E-state index contributed by atoms with van der Waals surface area (Å²) in [6, 6.07) is 3.98. The van der Waals surface area contributed by atoms with Gasteiger partial charge < -0.3 is 14.4 Å². The first-order chi connectivity index (χ1) is 8.34. The molecule has 2 aromatic rings. The fraction of sp³-hybridized carbons (Fsp3) is 0.500. The molecule has 1 N–H and O–H groups in total. The molecule has 1 fully saturated rings. The van der Waals surface area contributed by atoms with Crippen LogP contribution < -0.4 is 5.32 Å². The lowest BCUT2D eigenvalue weighted by Crippen LogP contribution is -2.26. The zero-order chi connectivity index (χ0) is 11.7. The molecular formula is C12H17ClN4O. The lowest BCUT2D eigenvalue weighted by Gasteiger charge is -2.18. The van der Waals surface area contributed by atoms with E-state index in [1.807, 2.05) is 29.9 Å². The molecule has 18 heavy (non-hydrogen) atoms. The van der Waals surface area contributed by atoms with Crippen molar-refractivity contribution in [2.45, 2.75) is 18.8 Å². The van der Waals surface area contributed by atoms with Crippen LogP contribution >= 0.6 is 12.4 Å². The SMILES string of the molecule is Cl.Cn1cccc1-c1noc(C2CCNCC2)n1. The number of halogens is 1. The summed E-state index contributed by atoms with van der Waals surface area (Å²) in [6.45, 7) is 2.07. The van der Waals surface area contributed by atoms with Crippen LogP contribution in [-0.2, 0) is 7.05 Å². The fourth-order valence-electron chi connectivity index (χ4n) is 2.27. The van der Waals surface area contributed by atoms with Gasteiger partial charge in [0.2, 0.25) is 11.7 Å². The Balaban J connectivity index is 0.00000120. The summed E-state index contributed by atoms with van der Waals surface area (Å²) in [5.41, 5.74) is 0.994. The Morgan fingerprint density at radius 2 is 2.17 bits per heavy atom. The van der Waals surface area contributed by atoms with Gasteiger partial charge >= 0.3 is 0 Å². The maximum Gasteiger partial charge on any atom is 0.230 e. The topological polar surface area (TPSA) is 55.9 Å². The van der Waals surface area contributed by atoms with Gasteiger partial charge in [0.05, 0.1) is 5.69 Å². The Bertz CT molecular complexity index is 502. The Labute approximate surface area is 112 Å². The molecule has 0 bridgehead atoms. The molecular weight excluding hydrogens is 252 g/mol. The van der Waals surface area contributed by atoms with Crippen molar-refractivity contribution in [3.63, 3.8) is 0 Å². The minimum atomic E-state index is 0. The molecule has 2 aromatic heterocycles. The lowest BCUT2D eigenvalue weighted by atomic mass is 9.98. The largest absolute Gasteiger partial charge is 0.348 e. The quantitative estimate of drug-likeness (QED) is 0.905. The zero-order valence-corrected chi connectivity index (χ0v) is 11.1. The molecule has 0 aliphatic carbocycles. The molecule has 0 aromatic carbocycles. The van der Waals surface area contributed by atoms with E-state index in [1.165, 1.54) is 0 Å². The van der Waals surface area contributed by atoms with Gasteiger partial charge in [-0.2, -0.15) is 4.98 Å². The van der Waals surface area contributed by atoms with E-state index in [-0.39, 0.29) is 12.4 Å². The van der Waals surface area contributed by atoms with E-state index >= 15 is 0 Å². The van der Waals surface area contributed by atoms with Crippen molar-refractivity contribution in [2.24, 2.45) is 7.05 Å². The van der Waals surface area contributed by atoms with Crippen LogP contribution in [-0.4, -0.2) is 27.8 Å². The molecule has 0 atom stereocenters. The van der Waals surface area contributed by atoms with Crippen molar-refractivity contribution in [2.75, 3.05) is 13.1 Å². The summed E-state index contributed by atoms with van der Waals surface area (Å²) >= 11 is 0. The molecule has 0 unspecified atom stereocenters. The number of nitrogens with zero attached hydrogens (tertiary/aromatic N) is 3. The third-order valence-electron chi connectivity index (χ3n) is 3.30. The fourth-order valence-corrected chi connectivity index (χ4v) is 2.27. The van der Waals surface area contributed by atoms with Crippen LogP contribution in [0.15, 0.2) is 22.9 Å². The summed E-state index contributed by atoms with van der Waals surface area (Å²) in [5.74, 6) is 1.88. The van der Waals surface area contributed by atoms with Gasteiger partial charge in [0, 0.05) is 19.2 Å². The van der Waals surface area contributed by atoms with Gasteiger partial charge in [-0.05, 0) is 38.1 Å². The van der Waals surface area contributed by atoms with Crippen LogP contribution in [0.3, 0.4) is 0 Å². The van der Waals surface area contributed by atoms with Crippen molar-refractivity contribution in [3.8, 4) is 11.5 Å². The lowest BCUT2D eigenvalue weighted by molar-refractivity contribution is 0.320. The second-order valence-corrected chi connectivity index (χ2v) is 4.48. The standard InChI is InChI=1S/C12H16N4O.ClH/c1-16-8-2-3-10(16)11-14-12(17-15-11)9-4-6-13-7-5-9;/h2-3,8-9,13H,4-7H2,1H3;1H. The van der Waals surface area contributed by atoms with Crippen LogP contribution in [0, 0.1) is 0 Å². The molecule has 98 valence electrons. The summed E-state index contributed by atoms with van der Waals surface area (Å²) in [4.78, 5) is 4.51. The molecule has 0 amide bonds. The average Bonchev–Trinajstić information content (AvgIpc) is 2.98. The number of piperidine rings is 1. The minimum absolute atomic E-state index is 0. The van der Waals surface area contributed by atoms with Crippen LogP contribution in [0.2, 0.25) is 0 Å². The highest BCUT2D eigenvalue weighted by molar-refractivity contribution is 5.85. The van der Waals surface area contributed by atoms with E-state index in [9.17, 15) is 0 Å². The monoisotopic (exact) mass is 268 g/mol. The van der Waals surface area contributed by atoms with Gasteiger partial charge in [0.25, 0.3) is 0 Å². The molecule has 0 radical (unpaired) electrons. The third-order valence-corrected chi connectivity index (χ3v) is 3.30. The maximum atomic E-state index is 5.38. The van der Waals surface area contributed by atoms with Crippen LogP contribution in [0.25, 0.3) is 11.5 Å². The van der Waals surface area contributed by atoms with Crippen molar-refractivity contribution < 1.29 is 4.52 Å². The number of aryl methyl sites for hydroxylation is 1. The Hall–Kier alpha value is -1.33. The number of hydrogen-bond acceptors (Lipinski definition) is 4. The second-order valence-electron chi connectivity index (χ2n) is 4.48. The number of aromatic nitrogens is 3. The molecule has 0 saturated carbocycles. The predicted octanol–water partition coefficient (Wildman–Crippen LogP) is 1.96. The first-order valence-electron chi connectivity index (χ1n) is 6.00. The molecule has 1 saturated heterocycles. The summed E-state index contributed by atoms with van der Waals surface area (Å²) in [5, 5.41) is 7.40. The van der Waals surface area contributed by atoms with Crippen LogP contribution in [0.5, 0.6) is 0 Å². The van der Waals surface area contributed by atoms with Gasteiger partial charge in [0.1, 0.15) is 0 Å². The van der Waals surface area contributed by atoms with Crippen LogP contribution in [0.4, 0.5) is 0 Å². The zero-order valence-electron chi connectivity index (χ0n) is 10.3. The Kier molecular flexibility index (Phi) is 4.04. The maximum absolute atomic E-state index is 5.38. The highest BCUT2D eigenvalue weighted by atomic mass is 35.5. The van der Waals surface area contributed by atoms with E-state index in [0.29, 0.717) is 11.7 Å². The normalized spacial score (nSPS) is 16.5. The van der Waals surface area contributed by atoms with Crippen LogP contribution in [0.1, 0.15) is 24.7 Å². The van der Waals surface area contributed by atoms with E-state index in [4.69, 9.17) is 4.52 Å². The van der Waals surface area contributed by atoms with Gasteiger partial charge in [-0.3, -0.25) is 0 Å². The van der Waals surface area contributed by atoms with Crippen molar-refractivity contribution >= 4 is 12.4 Å². The van der Waals surface area contributed by atoms with E-state index < -0.39 is 0 Å². The molecule has 1 aliphatic heterocycles. The summed E-state index contributed by atoms with van der Waals surface area (Å²) in [6.07, 6.45) is 4.14. The Morgan fingerprint density at radius 3 is 2.83 bits per heavy atom. The molecule has 6 heteroatoms. The molecule has 0 spiro atoms. The Morgan fingerprint density at radius 1 is 1.39 bits per heavy atom. The molecule has 3 heterocycles. The van der Waals surface area contributed by atoms with E-state index in [0.717, 1.165) is 37.5 Å². The van der Waals surface area contributed by atoms with Gasteiger partial charge in [-0.15, -0.1) is 12.4 Å². The number of nitrogens with one attached hydrogen (secondary N) is 1. The average molecular weight is 269 g/mol. The molecule has 3 rings (SSSR count). The second kappa shape index (κ2) is 5.54.